The molecule has 1 aromatic carbocycles. The standard InChI is InChI=1S/C20H24N2O4S/c23-20(9-6-17-5-4-14-26-17)22-13-10-16-15-18(7-8-19(16)22)27(24,25)21-11-2-1-3-12-21/h4-5,7-8,14-15H,1-3,6,9-13H2. The molecule has 3 heterocycles. The maximum absolute atomic E-state index is 12.9. The maximum atomic E-state index is 12.9. The number of rotatable bonds is 5. The van der Waals surface area contributed by atoms with Crippen LogP contribution in [-0.4, -0.2) is 38.3 Å². The average Bonchev–Trinajstić information content (AvgIpc) is 3.36. The summed E-state index contributed by atoms with van der Waals surface area (Å²) in [7, 11) is -3.44. The Morgan fingerprint density at radius 1 is 1.07 bits per heavy atom. The van der Waals surface area contributed by atoms with E-state index in [1.54, 1.807) is 33.7 Å². The first-order chi connectivity index (χ1) is 13.1. The molecule has 0 saturated carbocycles. The maximum Gasteiger partial charge on any atom is 0.243 e. The second-order valence-corrected chi connectivity index (χ2v) is 9.07. The number of piperidine rings is 1. The number of amides is 1. The van der Waals surface area contributed by atoms with Gasteiger partial charge < -0.3 is 9.32 Å². The van der Waals surface area contributed by atoms with Crippen LogP contribution in [0.1, 0.15) is 37.0 Å². The lowest BCUT2D eigenvalue weighted by Crippen LogP contribution is -2.35. The van der Waals surface area contributed by atoms with Crippen molar-refractivity contribution in [3.05, 3.63) is 47.9 Å². The van der Waals surface area contributed by atoms with Gasteiger partial charge in [0.25, 0.3) is 0 Å². The molecular weight excluding hydrogens is 364 g/mol. The number of aryl methyl sites for hydroxylation is 1. The van der Waals surface area contributed by atoms with Gasteiger partial charge in [0.15, 0.2) is 0 Å². The summed E-state index contributed by atoms with van der Waals surface area (Å²) in [6.45, 7) is 1.78. The zero-order valence-electron chi connectivity index (χ0n) is 15.3. The van der Waals surface area contributed by atoms with Gasteiger partial charge in [0, 0.05) is 38.2 Å². The second-order valence-electron chi connectivity index (χ2n) is 7.13. The van der Waals surface area contributed by atoms with Crippen LogP contribution in [0.5, 0.6) is 0 Å². The van der Waals surface area contributed by atoms with Gasteiger partial charge in [-0.25, -0.2) is 8.42 Å². The van der Waals surface area contributed by atoms with Gasteiger partial charge in [-0.05, 0) is 55.2 Å². The Hall–Kier alpha value is -2.12. The van der Waals surface area contributed by atoms with Gasteiger partial charge >= 0.3 is 0 Å². The van der Waals surface area contributed by atoms with Gasteiger partial charge in [-0.15, -0.1) is 0 Å². The Morgan fingerprint density at radius 2 is 1.89 bits per heavy atom. The average molecular weight is 388 g/mol. The molecule has 2 aliphatic rings. The van der Waals surface area contributed by atoms with Crippen molar-refractivity contribution in [1.29, 1.82) is 0 Å². The number of benzene rings is 1. The second kappa shape index (κ2) is 7.48. The minimum Gasteiger partial charge on any atom is -0.469 e. The van der Waals surface area contributed by atoms with Gasteiger partial charge in [-0.2, -0.15) is 4.31 Å². The SMILES string of the molecule is O=C(CCc1ccco1)N1CCc2cc(S(=O)(=O)N3CCCCC3)ccc21. The van der Waals surface area contributed by atoms with Crippen molar-refractivity contribution < 1.29 is 17.6 Å². The van der Waals surface area contributed by atoms with E-state index < -0.39 is 10.0 Å². The molecule has 1 saturated heterocycles. The van der Waals surface area contributed by atoms with E-state index in [-0.39, 0.29) is 5.91 Å². The lowest BCUT2D eigenvalue weighted by molar-refractivity contribution is -0.118. The van der Waals surface area contributed by atoms with Gasteiger partial charge in [0.1, 0.15) is 5.76 Å². The smallest absolute Gasteiger partial charge is 0.243 e. The van der Waals surface area contributed by atoms with Gasteiger partial charge in [-0.1, -0.05) is 6.42 Å². The van der Waals surface area contributed by atoms with Crippen LogP contribution in [0.3, 0.4) is 0 Å². The fourth-order valence-electron chi connectivity index (χ4n) is 3.87. The van der Waals surface area contributed by atoms with E-state index in [0.29, 0.717) is 43.8 Å². The van der Waals surface area contributed by atoms with E-state index in [4.69, 9.17) is 4.42 Å². The number of carbonyl (C=O) groups is 1. The van der Waals surface area contributed by atoms with Crippen LogP contribution in [-0.2, 0) is 27.7 Å². The van der Waals surface area contributed by atoms with Crippen LogP contribution in [0, 0.1) is 0 Å². The number of nitrogens with zero attached hydrogens (tertiary/aromatic N) is 2. The van der Waals surface area contributed by atoms with Gasteiger partial charge in [0.05, 0.1) is 11.2 Å². The van der Waals surface area contributed by atoms with Crippen LogP contribution in [0.2, 0.25) is 0 Å². The fourth-order valence-corrected chi connectivity index (χ4v) is 5.44. The molecule has 6 nitrogen and oxygen atoms in total. The lowest BCUT2D eigenvalue weighted by atomic mass is 10.1. The molecule has 27 heavy (non-hydrogen) atoms. The summed E-state index contributed by atoms with van der Waals surface area (Å²) in [5.74, 6) is 0.836. The first-order valence-corrected chi connectivity index (χ1v) is 11.0. The zero-order valence-corrected chi connectivity index (χ0v) is 16.1. The quantitative estimate of drug-likeness (QED) is 0.790. The third kappa shape index (κ3) is 3.66. The topological polar surface area (TPSA) is 70.8 Å². The summed E-state index contributed by atoms with van der Waals surface area (Å²) >= 11 is 0. The first kappa shape index (κ1) is 18.3. The third-order valence-electron chi connectivity index (χ3n) is 5.37. The van der Waals surface area contributed by atoms with Crippen LogP contribution in [0.4, 0.5) is 5.69 Å². The van der Waals surface area contributed by atoms with Crippen molar-refractivity contribution in [1.82, 2.24) is 4.31 Å². The summed E-state index contributed by atoms with van der Waals surface area (Å²) in [5, 5.41) is 0. The molecule has 0 radical (unpaired) electrons. The molecule has 0 aliphatic carbocycles. The predicted octanol–water partition coefficient (Wildman–Crippen LogP) is 2.98. The third-order valence-corrected chi connectivity index (χ3v) is 7.26. The molecule has 2 aliphatic heterocycles. The molecule has 144 valence electrons. The highest BCUT2D eigenvalue weighted by atomic mass is 32.2. The van der Waals surface area contributed by atoms with E-state index in [1.807, 2.05) is 12.1 Å². The Bertz CT molecular complexity index is 915. The molecule has 1 fully saturated rings. The molecule has 2 aromatic rings. The van der Waals surface area contributed by atoms with E-state index in [9.17, 15) is 13.2 Å². The predicted molar refractivity (Wildman–Crippen MR) is 102 cm³/mol. The largest absolute Gasteiger partial charge is 0.469 e. The van der Waals surface area contributed by atoms with E-state index in [2.05, 4.69) is 0 Å². The highest BCUT2D eigenvalue weighted by molar-refractivity contribution is 7.89. The first-order valence-electron chi connectivity index (χ1n) is 9.51. The normalized spacial score (nSPS) is 17.9. The van der Waals surface area contributed by atoms with E-state index >= 15 is 0 Å². The van der Waals surface area contributed by atoms with Crippen LogP contribution in [0.25, 0.3) is 0 Å². The number of furan rings is 1. The number of anilines is 1. The van der Waals surface area contributed by atoms with Crippen LogP contribution >= 0.6 is 0 Å². The molecule has 0 bridgehead atoms. The van der Waals surface area contributed by atoms with Crippen molar-refractivity contribution in [2.75, 3.05) is 24.5 Å². The lowest BCUT2D eigenvalue weighted by Gasteiger charge is -2.26. The minimum atomic E-state index is -3.44. The van der Waals surface area contributed by atoms with Crippen molar-refractivity contribution >= 4 is 21.6 Å². The number of hydrogen-bond acceptors (Lipinski definition) is 4. The molecule has 4 rings (SSSR count). The molecule has 7 heteroatoms. The molecule has 0 atom stereocenters. The zero-order chi connectivity index (χ0) is 18.9. The number of carbonyl (C=O) groups excluding carboxylic acids is 1. The molecule has 1 aromatic heterocycles. The van der Waals surface area contributed by atoms with Crippen molar-refractivity contribution in [2.45, 2.75) is 43.4 Å². The van der Waals surface area contributed by atoms with E-state index in [1.165, 1.54) is 0 Å². The molecule has 1 amide bonds. The Morgan fingerprint density at radius 3 is 2.63 bits per heavy atom. The summed E-state index contributed by atoms with van der Waals surface area (Å²) in [4.78, 5) is 14.7. The fraction of sp³-hybridized carbons (Fsp3) is 0.450. The Kier molecular flexibility index (Phi) is 5.06. The van der Waals surface area contributed by atoms with Crippen LogP contribution < -0.4 is 4.90 Å². The van der Waals surface area contributed by atoms with Gasteiger partial charge in [0.2, 0.25) is 15.9 Å². The van der Waals surface area contributed by atoms with Crippen molar-refractivity contribution in [3.63, 3.8) is 0 Å². The summed E-state index contributed by atoms with van der Waals surface area (Å²) in [6, 6.07) is 8.85. The highest BCUT2D eigenvalue weighted by Gasteiger charge is 2.29. The Balaban J connectivity index is 1.49. The molecule has 0 spiro atoms. The number of hydrogen-bond donors (Lipinski definition) is 0. The van der Waals surface area contributed by atoms with Gasteiger partial charge in [-0.3, -0.25) is 4.79 Å². The van der Waals surface area contributed by atoms with Crippen molar-refractivity contribution in [3.8, 4) is 0 Å². The monoisotopic (exact) mass is 388 g/mol. The molecule has 0 unspecified atom stereocenters. The van der Waals surface area contributed by atoms with Crippen molar-refractivity contribution in [2.24, 2.45) is 0 Å². The van der Waals surface area contributed by atoms with Crippen LogP contribution in [0.15, 0.2) is 45.9 Å². The number of sulfonamides is 1. The molecule has 0 N–H and O–H groups in total. The van der Waals surface area contributed by atoms with E-state index in [0.717, 1.165) is 36.3 Å². The highest BCUT2D eigenvalue weighted by Crippen LogP contribution is 2.32. The summed E-state index contributed by atoms with van der Waals surface area (Å²) < 4.78 is 32.6. The minimum absolute atomic E-state index is 0.0387. The summed E-state index contributed by atoms with van der Waals surface area (Å²) in [5.41, 5.74) is 1.76. The molecular formula is C20H24N2O4S. The summed E-state index contributed by atoms with van der Waals surface area (Å²) in [6.07, 6.45) is 6.16. The Labute approximate surface area is 159 Å². The number of fused-ring (bicyclic) bond motifs is 1.